The van der Waals surface area contributed by atoms with Gasteiger partial charge >= 0.3 is 0 Å². The first-order valence-corrected chi connectivity index (χ1v) is 2.95. The molecule has 0 aliphatic heterocycles. The summed E-state index contributed by atoms with van der Waals surface area (Å²) < 4.78 is 0. The summed E-state index contributed by atoms with van der Waals surface area (Å²) in [6.07, 6.45) is 0.992. The van der Waals surface area contributed by atoms with Crippen molar-refractivity contribution in [3.05, 3.63) is 12.7 Å². The van der Waals surface area contributed by atoms with Gasteiger partial charge in [0.05, 0.1) is 6.61 Å². The van der Waals surface area contributed by atoms with Crippen molar-refractivity contribution in [2.45, 2.75) is 6.04 Å². The fourth-order valence-corrected chi connectivity index (χ4v) is 0.437. The molecule has 0 aliphatic rings. The summed E-state index contributed by atoms with van der Waals surface area (Å²) in [6, 6.07) is -1.03. The lowest BCUT2D eigenvalue weighted by atomic mass is 10.3. The molecule has 11 heavy (non-hydrogen) atoms. The Hall–Kier alpha value is -1.36. The number of aliphatic hydroxyl groups excluding tert-OH is 1. The number of carbonyl (C=O) groups excluding carboxylic acids is 2. The third kappa shape index (κ3) is 3.36. The monoisotopic (exact) mass is 158 g/mol. The number of aliphatic hydroxyl groups is 1. The summed E-state index contributed by atoms with van der Waals surface area (Å²) in [5.41, 5.74) is 4.80. The van der Waals surface area contributed by atoms with Gasteiger partial charge in [0, 0.05) is 0 Å². The highest BCUT2D eigenvalue weighted by Crippen LogP contribution is 1.79. The molecule has 0 fully saturated rings. The predicted molar refractivity (Wildman–Crippen MR) is 38.4 cm³/mol. The van der Waals surface area contributed by atoms with Crippen molar-refractivity contribution in [3.8, 4) is 0 Å². The summed E-state index contributed by atoms with van der Waals surface area (Å²) in [5, 5.41) is 10.6. The molecule has 0 aliphatic carbocycles. The number of nitrogens with two attached hydrogens (primary N) is 1. The Labute approximate surface area is 63.9 Å². The molecule has 0 bridgehead atoms. The Morgan fingerprint density at radius 1 is 1.73 bits per heavy atom. The lowest BCUT2D eigenvalue weighted by Crippen LogP contribution is -2.46. The van der Waals surface area contributed by atoms with E-state index in [-0.39, 0.29) is 0 Å². The van der Waals surface area contributed by atoms with E-state index in [1.54, 1.807) is 0 Å². The van der Waals surface area contributed by atoms with Gasteiger partial charge in [0.1, 0.15) is 6.04 Å². The molecular weight excluding hydrogens is 148 g/mol. The van der Waals surface area contributed by atoms with E-state index in [2.05, 4.69) is 11.9 Å². The molecule has 0 aromatic heterocycles. The molecule has 0 saturated carbocycles. The van der Waals surface area contributed by atoms with Crippen molar-refractivity contribution in [1.29, 1.82) is 0 Å². The number of carbonyl (C=O) groups is 2. The minimum absolute atomic E-state index is 0.505. The van der Waals surface area contributed by atoms with Crippen LogP contribution in [0.3, 0.4) is 0 Å². The lowest BCUT2D eigenvalue weighted by Gasteiger charge is -2.09. The second kappa shape index (κ2) is 4.45. The zero-order chi connectivity index (χ0) is 8.85. The summed E-state index contributed by atoms with van der Waals surface area (Å²) >= 11 is 0. The van der Waals surface area contributed by atoms with E-state index in [0.717, 1.165) is 6.08 Å². The number of primary amides is 1. The van der Waals surface area contributed by atoms with Gasteiger partial charge in [0.15, 0.2) is 0 Å². The van der Waals surface area contributed by atoms with Gasteiger partial charge in [-0.15, -0.1) is 0 Å². The second-order valence-electron chi connectivity index (χ2n) is 1.85. The smallest absolute Gasteiger partial charge is 0.244 e. The largest absolute Gasteiger partial charge is 0.394 e. The van der Waals surface area contributed by atoms with E-state index in [1.165, 1.54) is 0 Å². The van der Waals surface area contributed by atoms with Gasteiger partial charge in [-0.1, -0.05) is 6.58 Å². The van der Waals surface area contributed by atoms with Crippen LogP contribution in [0.2, 0.25) is 0 Å². The molecule has 0 aromatic rings. The van der Waals surface area contributed by atoms with Gasteiger partial charge < -0.3 is 16.2 Å². The van der Waals surface area contributed by atoms with Crippen LogP contribution in [-0.4, -0.2) is 29.6 Å². The quantitative estimate of drug-likeness (QED) is 0.419. The molecule has 2 amide bonds. The molecular formula is C6H10N2O3. The van der Waals surface area contributed by atoms with E-state index < -0.39 is 24.5 Å². The van der Waals surface area contributed by atoms with E-state index in [4.69, 9.17) is 10.8 Å². The van der Waals surface area contributed by atoms with Crippen LogP contribution < -0.4 is 11.1 Å². The van der Waals surface area contributed by atoms with Crippen molar-refractivity contribution < 1.29 is 14.7 Å². The fraction of sp³-hybridized carbons (Fsp3) is 0.333. The fourth-order valence-electron chi connectivity index (χ4n) is 0.437. The molecule has 0 aromatic carbocycles. The molecule has 5 heteroatoms. The van der Waals surface area contributed by atoms with Gasteiger partial charge in [0.25, 0.3) is 0 Å². The summed E-state index contributed by atoms with van der Waals surface area (Å²) in [6.45, 7) is 2.66. The summed E-state index contributed by atoms with van der Waals surface area (Å²) in [4.78, 5) is 20.9. The third-order valence-electron chi connectivity index (χ3n) is 1.03. The predicted octanol–water partition coefficient (Wildman–Crippen LogP) is -1.87. The molecule has 0 spiro atoms. The van der Waals surface area contributed by atoms with Crippen molar-refractivity contribution in [1.82, 2.24) is 5.32 Å². The highest BCUT2D eigenvalue weighted by atomic mass is 16.3. The summed E-state index contributed by atoms with van der Waals surface area (Å²) in [5.74, 6) is -1.31. The van der Waals surface area contributed by atoms with Crippen LogP contribution in [0.5, 0.6) is 0 Å². The normalized spacial score (nSPS) is 11.7. The minimum Gasteiger partial charge on any atom is -0.394 e. The van der Waals surface area contributed by atoms with Crippen LogP contribution in [0, 0.1) is 0 Å². The average molecular weight is 158 g/mol. The molecule has 62 valence electrons. The third-order valence-corrected chi connectivity index (χ3v) is 1.03. The van der Waals surface area contributed by atoms with E-state index in [1.807, 2.05) is 0 Å². The summed E-state index contributed by atoms with van der Waals surface area (Å²) in [7, 11) is 0. The highest BCUT2D eigenvalue weighted by molar-refractivity contribution is 5.92. The number of amides is 2. The van der Waals surface area contributed by atoms with Crippen LogP contribution in [0.1, 0.15) is 0 Å². The van der Waals surface area contributed by atoms with Crippen molar-refractivity contribution in [3.63, 3.8) is 0 Å². The molecule has 0 saturated heterocycles. The molecule has 1 atom stereocenters. The van der Waals surface area contributed by atoms with Gasteiger partial charge in [-0.2, -0.15) is 0 Å². The van der Waals surface area contributed by atoms with E-state index >= 15 is 0 Å². The number of hydrogen-bond donors (Lipinski definition) is 3. The van der Waals surface area contributed by atoms with Gasteiger partial charge in [0.2, 0.25) is 11.8 Å². The maximum atomic E-state index is 10.5. The average Bonchev–Trinajstić information content (AvgIpc) is 1.99. The van der Waals surface area contributed by atoms with Crippen LogP contribution in [0.4, 0.5) is 0 Å². The van der Waals surface area contributed by atoms with Gasteiger partial charge in [-0.25, -0.2) is 0 Å². The molecule has 1 unspecified atom stereocenters. The van der Waals surface area contributed by atoms with Crippen molar-refractivity contribution >= 4 is 11.8 Å². The zero-order valence-electron chi connectivity index (χ0n) is 5.91. The topological polar surface area (TPSA) is 92.4 Å². The Morgan fingerprint density at radius 2 is 2.27 bits per heavy atom. The van der Waals surface area contributed by atoms with Crippen molar-refractivity contribution in [2.75, 3.05) is 6.61 Å². The van der Waals surface area contributed by atoms with Crippen LogP contribution in [0.25, 0.3) is 0 Å². The Bertz CT molecular complexity index is 179. The Morgan fingerprint density at radius 3 is 2.55 bits per heavy atom. The Kier molecular flexibility index (Phi) is 3.90. The minimum atomic E-state index is -1.03. The van der Waals surface area contributed by atoms with Gasteiger partial charge in [-0.3, -0.25) is 9.59 Å². The first-order valence-electron chi connectivity index (χ1n) is 2.95. The maximum absolute atomic E-state index is 10.5. The van der Waals surface area contributed by atoms with Crippen LogP contribution >= 0.6 is 0 Å². The molecule has 0 heterocycles. The van der Waals surface area contributed by atoms with Crippen LogP contribution in [-0.2, 0) is 9.59 Å². The van der Waals surface area contributed by atoms with Crippen LogP contribution in [0.15, 0.2) is 12.7 Å². The number of hydrogen-bond acceptors (Lipinski definition) is 3. The molecule has 5 nitrogen and oxygen atoms in total. The van der Waals surface area contributed by atoms with E-state index in [0.29, 0.717) is 0 Å². The lowest BCUT2D eigenvalue weighted by molar-refractivity contribution is -0.125. The molecule has 4 N–H and O–H groups in total. The maximum Gasteiger partial charge on any atom is 0.244 e. The first-order chi connectivity index (χ1) is 5.11. The molecule has 0 radical (unpaired) electrons. The standard InChI is InChI=1S/C6H10N2O3/c1-2-5(10)8-4(3-9)6(7)11/h2,4,9H,1,3H2,(H2,7,11)(H,8,10). The van der Waals surface area contributed by atoms with Crippen molar-refractivity contribution in [2.24, 2.45) is 5.73 Å². The van der Waals surface area contributed by atoms with Gasteiger partial charge in [-0.05, 0) is 6.08 Å². The second-order valence-corrected chi connectivity index (χ2v) is 1.85. The SMILES string of the molecule is C=CC(=O)NC(CO)C(N)=O. The Balaban J connectivity index is 3.97. The number of rotatable bonds is 4. The number of nitrogens with one attached hydrogen (secondary N) is 1. The molecule has 0 rings (SSSR count). The zero-order valence-corrected chi connectivity index (χ0v) is 5.91. The van der Waals surface area contributed by atoms with E-state index in [9.17, 15) is 9.59 Å². The first kappa shape index (κ1) is 9.64. The highest BCUT2D eigenvalue weighted by Gasteiger charge is 2.14.